The summed E-state index contributed by atoms with van der Waals surface area (Å²) in [7, 11) is 0. The van der Waals surface area contributed by atoms with Gasteiger partial charge >= 0.3 is 0 Å². The standard InChI is InChI=1S/C15H13ClN2O/c1-9-6-14(10(2)5-13(9)18)19-15-7-12(16)4-3-11(15)8-17/h3-7H,18H2,1-2H3. The Balaban J connectivity index is 2.45. The van der Waals surface area contributed by atoms with E-state index in [1.807, 2.05) is 26.0 Å². The Bertz CT molecular complexity index is 675. The molecule has 3 nitrogen and oxygen atoms in total. The molecule has 0 unspecified atom stereocenters. The molecule has 0 aliphatic rings. The summed E-state index contributed by atoms with van der Waals surface area (Å²) in [5, 5.41) is 9.59. The van der Waals surface area contributed by atoms with Crippen molar-refractivity contribution >= 4 is 17.3 Å². The van der Waals surface area contributed by atoms with Crippen molar-refractivity contribution in [2.75, 3.05) is 5.73 Å². The van der Waals surface area contributed by atoms with Crippen molar-refractivity contribution in [1.82, 2.24) is 0 Å². The van der Waals surface area contributed by atoms with Gasteiger partial charge in [0, 0.05) is 16.8 Å². The highest BCUT2D eigenvalue weighted by molar-refractivity contribution is 6.30. The number of nitrogen functional groups attached to an aromatic ring is 1. The number of halogens is 1. The van der Waals surface area contributed by atoms with E-state index in [1.54, 1.807) is 18.2 Å². The first-order chi connectivity index (χ1) is 9.01. The van der Waals surface area contributed by atoms with Crippen molar-refractivity contribution < 1.29 is 4.74 Å². The van der Waals surface area contributed by atoms with Crippen LogP contribution in [-0.2, 0) is 0 Å². The monoisotopic (exact) mass is 272 g/mol. The first-order valence-electron chi connectivity index (χ1n) is 5.75. The van der Waals surface area contributed by atoms with Gasteiger partial charge in [-0.05, 0) is 49.2 Å². The second-order valence-electron chi connectivity index (χ2n) is 4.33. The fourth-order valence-corrected chi connectivity index (χ4v) is 1.88. The Morgan fingerprint density at radius 2 is 1.84 bits per heavy atom. The Labute approximate surface area is 117 Å². The van der Waals surface area contributed by atoms with Gasteiger partial charge in [-0.3, -0.25) is 0 Å². The minimum Gasteiger partial charge on any atom is -0.456 e. The van der Waals surface area contributed by atoms with Crippen LogP contribution in [0.2, 0.25) is 5.02 Å². The van der Waals surface area contributed by atoms with Gasteiger partial charge in [-0.1, -0.05) is 11.6 Å². The summed E-state index contributed by atoms with van der Waals surface area (Å²) in [6.07, 6.45) is 0. The number of hydrogen-bond acceptors (Lipinski definition) is 3. The van der Waals surface area contributed by atoms with Crippen LogP contribution in [0.5, 0.6) is 11.5 Å². The van der Waals surface area contributed by atoms with Gasteiger partial charge in [-0.25, -0.2) is 0 Å². The molecule has 2 N–H and O–H groups in total. The first kappa shape index (κ1) is 13.3. The lowest BCUT2D eigenvalue weighted by Crippen LogP contribution is -1.95. The van der Waals surface area contributed by atoms with Crippen LogP contribution in [-0.4, -0.2) is 0 Å². The number of anilines is 1. The summed E-state index contributed by atoms with van der Waals surface area (Å²) in [5.74, 6) is 1.12. The average Bonchev–Trinajstić information content (AvgIpc) is 2.36. The zero-order chi connectivity index (χ0) is 14.0. The molecule has 2 aromatic rings. The predicted octanol–water partition coefficient (Wildman–Crippen LogP) is 4.20. The molecule has 2 rings (SSSR count). The predicted molar refractivity (Wildman–Crippen MR) is 76.6 cm³/mol. The molecule has 0 aliphatic carbocycles. The third kappa shape index (κ3) is 2.81. The maximum Gasteiger partial charge on any atom is 0.146 e. The summed E-state index contributed by atoms with van der Waals surface area (Å²) in [5.41, 5.74) is 8.84. The largest absolute Gasteiger partial charge is 0.456 e. The van der Waals surface area contributed by atoms with Crippen LogP contribution < -0.4 is 10.5 Å². The second kappa shape index (κ2) is 5.21. The summed E-state index contributed by atoms with van der Waals surface area (Å²) < 4.78 is 5.79. The molecule has 0 saturated heterocycles. The van der Waals surface area contributed by atoms with E-state index in [4.69, 9.17) is 27.3 Å². The molecule has 0 aromatic heterocycles. The lowest BCUT2D eigenvalue weighted by atomic mass is 10.1. The fraction of sp³-hybridized carbons (Fsp3) is 0.133. The minimum atomic E-state index is 0.443. The molecular weight excluding hydrogens is 260 g/mol. The number of nitrogens with two attached hydrogens (primary N) is 1. The summed E-state index contributed by atoms with van der Waals surface area (Å²) in [6.45, 7) is 3.81. The summed E-state index contributed by atoms with van der Waals surface area (Å²) >= 11 is 5.93. The molecule has 4 heteroatoms. The van der Waals surface area contributed by atoms with E-state index >= 15 is 0 Å². The molecule has 96 valence electrons. The van der Waals surface area contributed by atoms with Crippen molar-refractivity contribution in [3.8, 4) is 17.6 Å². The molecule has 2 aromatic carbocycles. The molecule has 0 bridgehead atoms. The lowest BCUT2D eigenvalue weighted by molar-refractivity contribution is 0.477. The van der Waals surface area contributed by atoms with Crippen molar-refractivity contribution in [3.63, 3.8) is 0 Å². The Morgan fingerprint density at radius 3 is 2.53 bits per heavy atom. The maximum absolute atomic E-state index is 9.06. The van der Waals surface area contributed by atoms with Gasteiger partial charge in [-0.2, -0.15) is 5.26 Å². The van der Waals surface area contributed by atoms with Gasteiger partial charge in [0.25, 0.3) is 0 Å². The number of ether oxygens (including phenoxy) is 1. The van der Waals surface area contributed by atoms with Crippen molar-refractivity contribution in [2.45, 2.75) is 13.8 Å². The highest BCUT2D eigenvalue weighted by Gasteiger charge is 2.09. The number of nitriles is 1. The molecule has 0 atom stereocenters. The van der Waals surface area contributed by atoms with Crippen LogP contribution in [0.4, 0.5) is 5.69 Å². The van der Waals surface area contributed by atoms with Gasteiger partial charge in [0.15, 0.2) is 0 Å². The van der Waals surface area contributed by atoms with E-state index in [9.17, 15) is 0 Å². The molecule has 0 spiro atoms. The third-order valence-corrected chi connectivity index (χ3v) is 3.08. The van der Waals surface area contributed by atoms with E-state index in [0.717, 1.165) is 16.8 Å². The number of benzene rings is 2. The van der Waals surface area contributed by atoms with E-state index in [-0.39, 0.29) is 0 Å². The fourth-order valence-electron chi connectivity index (χ4n) is 1.71. The zero-order valence-electron chi connectivity index (χ0n) is 10.7. The lowest BCUT2D eigenvalue weighted by Gasteiger charge is -2.12. The maximum atomic E-state index is 9.06. The summed E-state index contributed by atoms with van der Waals surface area (Å²) in [6, 6.07) is 10.7. The van der Waals surface area contributed by atoms with Crippen LogP contribution in [0.1, 0.15) is 16.7 Å². The molecule has 0 fully saturated rings. The number of rotatable bonds is 2. The smallest absolute Gasteiger partial charge is 0.146 e. The quantitative estimate of drug-likeness (QED) is 0.834. The number of nitrogens with zero attached hydrogens (tertiary/aromatic N) is 1. The van der Waals surface area contributed by atoms with E-state index in [2.05, 4.69) is 6.07 Å². The first-order valence-corrected chi connectivity index (χ1v) is 6.13. The number of hydrogen-bond donors (Lipinski definition) is 1. The van der Waals surface area contributed by atoms with Crippen molar-refractivity contribution in [1.29, 1.82) is 5.26 Å². The molecule has 19 heavy (non-hydrogen) atoms. The van der Waals surface area contributed by atoms with Crippen LogP contribution >= 0.6 is 11.6 Å². The topological polar surface area (TPSA) is 59.0 Å². The Morgan fingerprint density at radius 1 is 1.11 bits per heavy atom. The van der Waals surface area contributed by atoms with E-state index in [1.165, 1.54) is 0 Å². The van der Waals surface area contributed by atoms with Crippen LogP contribution in [0, 0.1) is 25.2 Å². The Hall–Kier alpha value is -2.18. The molecule has 0 radical (unpaired) electrons. The zero-order valence-corrected chi connectivity index (χ0v) is 11.5. The van der Waals surface area contributed by atoms with Crippen molar-refractivity contribution in [2.24, 2.45) is 0 Å². The molecule has 0 aliphatic heterocycles. The van der Waals surface area contributed by atoms with E-state index in [0.29, 0.717) is 22.1 Å². The average molecular weight is 273 g/mol. The summed E-state index contributed by atoms with van der Waals surface area (Å²) in [4.78, 5) is 0. The Kier molecular flexibility index (Phi) is 3.64. The van der Waals surface area contributed by atoms with E-state index < -0.39 is 0 Å². The third-order valence-electron chi connectivity index (χ3n) is 2.85. The highest BCUT2D eigenvalue weighted by Crippen LogP contribution is 2.32. The molecule has 0 heterocycles. The SMILES string of the molecule is Cc1cc(Oc2cc(Cl)ccc2C#N)c(C)cc1N. The molecule has 0 saturated carbocycles. The van der Waals surface area contributed by atoms with Gasteiger partial charge in [-0.15, -0.1) is 0 Å². The molecular formula is C15H13ClN2O. The van der Waals surface area contributed by atoms with Gasteiger partial charge < -0.3 is 10.5 Å². The van der Waals surface area contributed by atoms with Gasteiger partial charge in [0.05, 0.1) is 5.56 Å². The van der Waals surface area contributed by atoms with Gasteiger partial charge in [0.1, 0.15) is 17.6 Å². The van der Waals surface area contributed by atoms with Gasteiger partial charge in [0.2, 0.25) is 0 Å². The number of aryl methyl sites for hydroxylation is 2. The highest BCUT2D eigenvalue weighted by atomic mass is 35.5. The second-order valence-corrected chi connectivity index (χ2v) is 4.77. The minimum absolute atomic E-state index is 0.443. The van der Waals surface area contributed by atoms with Crippen LogP contribution in [0.25, 0.3) is 0 Å². The normalized spacial score (nSPS) is 10.0. The van der Waals surface area contributed by atoms with Crippen LogP contribution in [0.3, 0.4) is 0 Å². The van der Waals surface area contributed by atoms with Crippen molar-refractivity contribution in [3.05, 3.63) is 52.0 Å². The van der Waals surface area contributed by atoms with Crippen LogP contribution in [0.15, 0.2) is 30.3 Å². The molecule has 0 amide bonds.